The van der Waals surface area contributed by atoms with E-state index in [1.165, 1.54) is 0 Å². The van der Waals surface area contributed by atoms with Crippen LogP contribution in [0.3, 0.4) is 0 Å². The quantitative estimate of drug-likeness (QED) is 0.475. The van der Waals surface area contributed by atoms with Crippen LogP contribution in [0.25, 0.3) is 0 Å². The fourth-order valence-electron chi connectivity index (χ4n) is 1.16. The maximum Gasteiger partial charge on any atom is 0.125 e. The van der Waals surface area contributed by atoms with E-state index in [0.29, 0.717) is 12.3 Å². The summed E-state index contributed by atoms with van der Waals surface area (Å²) in [4.78, 5) is 0. The molecule has 1 aromatic carbocycles. The van der Waals surface area contributed by atoms with Gasteiger partial charge in [-0.15, -0.1) is 0 Å². The highest BCUT2D eigenvalue weighted by Gasteiger charge is 2.05. The van der Waals surface area contributed by atoms with E-state index in [1.807, 2.05) is 6.07 Å². The van der Waals surface area contributed by atoms with Crippen LogP contribution >= 0.6 is 0 Å². The SMILES string of the molecule is COc1cc(CNN)cc(O)c1C. The van der Waals surface area contributed by atoms with Gasteiger partial charge in [-0.25, -0.2) is 0 Å². The summed E-state index contributed by atoms with van der Waals surface area (Å²) in [6, 6.07) is 3.51. The van der Waals surface area contributed by atoms with Gasteiger partial charge in [0.1, 0.15) is 11.5 Å². The molecule has 4 nitrogen and oxygen atoms in total. The molecule has 0 amide bonds. The highest BCUT2D eigenvalue weighted by molar-refractivity contribution is 5.46. The summed E-state index contributed by atoms with van der Waals surface area (Å²) in [7, 11) is 1.57. The molecule has 1 aromatic rings. The molecule has 0 aliphatic carbocycles. The highest BCUT2D eigenvalue weighted by Crippen LogP contribution is 2.28. The molecule has 4 N–H and O–H groups in total. The molecule has 0 saturated carbocycles. The molecule has 0 aromatic heterocycles. The van der Waals surface area contributed by atoms with Crippen molar-refractivity contribution in [3.05, 3.63) is 23.3 Å². The van der Waals surface area contributed by atoms with Crippen LogP contribution in [0.2, 0.25) is 0 Å². The standard InChI is InChI=1S/C9H14N2O2/c1-6-8(12)3-7(5-11-10)4-9(6)13-2/h3-4,11-12H,5,10H2,1-2H3. The van der Waals surface area contributed by atoms with Crippen LogP contribution in [0.4, 0.5) is 0 Å². The molecule has 0 aliphatic heterocycles. The Balaban J connectivity index is 3.06. The van der Waals surface area contributed by atoms with E-state index in [2.05, 4.69) is 5.43 Å². The van der Waals surface area contributed by atoms with Gasteiger partial charge in [0.05, 0.1) is 7.11 Å². The summed E-state index contributed by atoms with van der Waals surface area (Å²) in [6.07, 6.45) is 0. The third-order valence-corrected chi connectivity index (χ3v) is 1.92. The Labute approximate surface area is 77.3 Å². The molecule has 72 valence electrons. The summed E-state index contributed by atoms with van der Waals surface area (Å²) >= 11 is 0. The van der Waals surface area contributed by atoms with Gasteiger partial charge in [0.25, 0.3) is 0 Å². The second-order valence-corrected chi connectivity index (χ2v) is 2.82. The Morgan fingerprint density at radius 2 is 2.23 bits per heavy atom. The number of rotatable bonds is 3. The Kier molecular flexibility index (Phi) is 3.11. The number of ether oxygens (including phenoxy) is 1. The fourth-order valence-corrected chi connectivity index (χ4v) is 1.16. The van der Waals surface area contributed by atoms with E-state index in [4.69, 9.17) is 10.6 Å². The van der Waals surface area contributed by atoms with E-state index >= 15 is 0 Å². The van der Waals surface area contributed by atoms with E-state index in [9.17, 15) is 5.11 Å². The third kappa shape index (κ3) is 2.11. The molecule has 4 heteroatoms. The zero-order valence-electron chi connectivity index (χ0n) is 7.79. The number of hydrogen-bond donors (Lipinski definition) is 3. The Bertz CT molecular complexity index is 300. The molecule has 0 atom stereocenters. The van der Waals surface area contributed by atoms with Crippen molar-refractivity contribution in [2.45, 2.75) is 13.5 Å². The number of hydrazine groups is 1. The molecule has 0 spiro atoms. The first kappa shape index (κ1) is 9.83. The van der Waals surface area contributed by atoms with Crippen molar-refractivity contribution in [1.29, 1.82) is 0 Å². The van der Waals surface area contributed by atoms with Gasteiger partial charge in [-0.1, -0.05) is 0 Å². The second kappa shape index (κ2) is 4.11. The lowest BCUT2D eigenvalue weighted by Gasteiger charge is -2.09. The van der Waals surface area contributed by atoms with Gasteiger partial charge in [0, 0.05) is 12.1 Å². The van der Waals surface area contributed by atoms with Crippen molar-refractivity contribution >= 4 is 0 Å². The number of benzene rings is 1. The van der Waals surface area contributed by atoms with Crippen molar-refractivity contribution < 1.29 is 9.84 Å². The first-order chi connectivity index (χ1) is 6.19. The van der Waals surface area contributed by atoms with E-state index in [0.717, 1.165) is 11.1 Å². The van der Waals surface area contributed by atoms with Crippen LogP contribution in [0, 0.1) is 6.92 Å². The van der Waals surface area contributed by atoms with Crippen molar-refractivity contribution in [2.24, 2.45) is 5.84 Å². The minimum Gasteiger partial charge on any atom is -0.508 e. The van der Waals surface area contributed by atoms with Crippen molar-refractivity contribution in [3.63, 3.8) is 0 Å². The third-order valence-electron chi connectivity index (χ3n) is 1.92. The van der Waals surface area contributed by atoms with Crippen LogP contribution in [0.1, 0.15) is 11.1 Å². The van der Waals surface area contributed by atoms with Gasteiger partial charge in [-0.3, -0.25) is 11.3 Å². The molecule has 0 heterocycles. The number of nitrogens with two attached hydrogens (primary N) is 1. The summed E-state index contributed by atoms with van der Waals surface area (Å²) < 4.78 is 5.08. The topological polar surface area (TPSA) is 67.5 Å². The van der Waals surface area contributed by atoms with Gasteiger partial charge >= 0.3 is 0 Å². The monoisotopic (exact) mass is 182 g/mol. The molecule has 0 unspecified atom stereocenters. The summed E-state index contributed by atoms with van der Waals surface area (Å²) in [5.74, 6) is 6.07. The van der Waals surface area contributed by atoms with Crippen LogP contribution in [-0.4, -0.2) is 12.2 Å². The van der Waals surface area contributed by atoms with Gasteiger partial charge in [-0.2, -0.15) is 0 Å². The lowest BCUT2D eigenvalue weighted by atomic mass is 10.1. The van der Waals surface area contributed by atoms with Gasteiger partial charge < -0.3 is 9.84 Å². The highest BCUT2D eigenvalue weighted by atomic mass is 16.5. The average Bonchev–Trinajstić information content (AvgIpc) is 2.11. The van der Waals surface area contributed by atoms with Crippen molar-refractivity contribution in [3.8, 4) is 11.5 Å². The van der Waals surface area contributed by atoms with E-state index < -0.39 is 0 Å². The zero-order chi connectivity index (χ0) is 9.84. The fraction of sp³-hybridized carbons (Fsp3) is 0.333. The average molecular weight is 182 g/mol. The van der Waals surface area contributed by atoms with Crippen molar-refractivity contribution in [2.75, 3.05) is 7.11 Å². The molecular weight excluding hydrogens is 168 g/mol. The van der Waals surface area contributed by atoms with Crippen LogP contribution < -0.4 is 16.0 Å². The minimum atomic E-state index is 0.226. The van der Waals surface area contributed by atoms with Crippen LogP contribution in [-0.2, 0) is 6.54 Å². The first-order valence-electron chi connectivity index (χ1n) is 3.99. The van der Waals surface area contributed by atoms with Crippen LogP contribution in [0.15, 0.2) is 12.1 Å². The van der Waals surface area contributed by atoms with Crippen LogP contribution in [0.5, 0.6) is 11.5 Å². The predicted molar refractivity (Wildman–Crippen MR) is 50.4 cm³/mol. The van der Waals surface area contributed by atoms with Gasteiger partial charge in [0.15, 0.2) is 0 Å². The Hall–Kier alpha value is -1.26. The minimum absolute atomic E-state index is 0.226. The summed E-state index contributed by atoms with van der Waals surface area (Å²) in [5.41, 5.74) is 4.15. The predicted octanol–water partition coefficient (Wildman–Crippen LogP) is 0.673. The maximum atomic E-state index is 9.49. The number of phenolic OH excluding ortho intramolecular Hbond substituents is 1. The largest absolute Gasteiger partial charge is 0.508 e. The molecule has 0 aliphatic rings. The Morgan fingerprint density at radius 1 is 1.54 bits per heavy atom. The molecule has 1 rings (SSSR count). The number of hydrogen-bond acceptors (Lipinski definition) is 4. The first-order valence-corrected chi connectivity index (χ1v) is 3.99. The lowest BCUT2D eigenvalue weighted by Crippen LogP contribution is -2.20. The molecule has 0 radical (unpaired) electrons. The molecule has 0 saturated heterocycles. The molecule has 0 fully saturated rings. The number of aromatic hydroxyl groups is 1. The smallest absolute Gasteiger partial charge is 0.125 e. The molecule has 0 bridgehead atoms. The second-order valence-electron chi connectivity index (χ2n) is 2.82. The number of nitrogens with one attached hydrogen (secondary N) is 1. The van der Waals surface area contributed by atoms with E-state index in [1.54, 1.807) is 20.1 Å². The normalized spacial score (nSPS) is 10.1. The molecular formula is C9H14N2O2. The maximum absolute atomic E-state index is 9.49. The van der Waals surface area contributed by atoms with Gasteiger partial charge in [-0.05, 0) is 24.6 Å². The number of methoxy groups -OCH3 is 1. The molecule has 13 heavy (non-hydrogen) atoms. The zero-order valence-corrected chi connectivity index (χ0v) is 7.79. The lowest BCUT2D eigenvalue weighted by molar-refractivity contribution is 0.401. The number of phenols is 1. The Morgan fingerprint density at radius 3 is 2.77 bits per heavy atom. The van der Waals surface area contributed by atoms with Crippen molar-refractivity contribution in [1.82, 2.24) is 5.43 Å². The van der Waals surface area contributed by atoms with E-state index in [-0.39, 0.29) is 5.75 Å². The van der Waals surface area contributed by atoms with Gasteiger partial charge in [0.2, 0.25) is 0 Å². The summed E-state index contributed by atoms with van der Waals surface area (Å²) in [6.45, 7) is 2.30. The summed E-state index contributed by atoms with van der Waals surface area (Å²) in [5, 5.41) is 9.49.